The number of hydrogen-bond acceptors (Lipinski definition) is 5. The second kappa shape index (κ2) is 7.23. The van der Waals surface area contributed by atoms with Crippen molar-refractivity contribution >= 4 is 27.6 Å². The van der Waals surface area contributed by atoms with E-state index in [0.29, 0.717) is 0 Å². The summed E-state index contributed by atoms with van der Waals surface area (Å²) >= 11 is 0. The van der Waals surface area contributed by atoms with Gasteiger partial charge in [-0.25, -0.2) is 8.42 Å². The molecule has 2 amide bonds. The van der Waals surface area contributed by atoms with Gasteiger partial charge in [-0.2, -0.15) is 0 Å². The first-order valence-electron chi connectivity index (χ1n) is 6.68. The van der Waals surface area contributed by atoms with E-state index < -0.39 is 39.9 Å². The molecule has 0 saturated heterocycles. The molecule has 0 saturated carbocycles. The molecule has 0 aromatic heterocycles. The van der Waals surface area contributed by atoms with Crippen molar-refractivity contribution in [3.8, 4) is 0 Å². The molecule has 3 N–H and O–H groups in total. The topological polar surface area (TPSA) is 135 Å². The molecule has 0 aliphatic heterocycles. The summed E-state index contributed by atoms with van der Waals surface area (Å²) in [4.78, 5) is 34.9. The van der Waals surface area contributed by atoms with E-state index in [1.807, 2.05) is 0 Å². The van der Waals surface area contributed by atoms with Crippen LogP contribution in [0.1, 0.15) is 24.2 Å². The molecule has 1 rings (SSSR count). The SMILES string of the molecule is CC(C)N(CC(=O)O)C(=O)c1ccc(S(=O)(=O)CC(N)=O)cc1. The lowest BCUT2D eigenvalue weighted by molar-refractivity contribution is -0.138. The Morgan fingerprint density at radius 3 is 2.09 bits per heavy atom. The molecule has 23 heavy (non-hydrogen) atoms. The molecule has 0 spiro atoms. The van der Waals surface area contributed by atoms with E-state index in [0.717, 1.165) is 4.90 Å². The van der Waals surface area contributed by atoms with Gasteiger partial charge in [-0.3, -0.25) is 14.4 Å². The van der Waals surface area contributed by atoms with Crippen LogP contribution in [-0.2, 0) is 19.4 Å². The summed E-state index contributed by atoms with van der Waals surface area (Å²) in [5.74, 6) is -3.47. The van der Waals surface area contributed by atoms with E-state index in [1.54, 1.807) is 13.8 Å². The molecule has 1 aromatic carbocycles. The number of carbonyl (C=O) groups excluding carboxylic acids is 2. The second-order valence-electron chi connectivity index (χ2n) is 5.17. The highest BCUT2D eigenvalue weighted by atomic mass is 32.2. The average Bonchev–Trinajstić information content (AvgIpc) is 2.42. The van der Waals surface area contributed by atoms with Gasteiger partial charge < -0.3 is 15.7 Å². The lowest BCUT2D eigenvalue weighted by Crippen LogP contribution is -2.40. The van der Waals surface area contributed by atoms with E-state index in [-0.39, 0.29) is 16.5 Å². The van der Waals surface area contributed by atoms with Gasteiger partial charge in [0.05, 0.1) is 4.90 Å². The summed E-state index contributed by atoms with van der Waals surface area (Å²) in [7, 11) is -3.85. The Kier molecular flexibility index (Phi) is 5.85. The summed E-state index contributed by atoms with van der Waals surface area (Å²) in [6.07, 6.45) is 0. The van der Waals surface area contributed by atoms with Crippen LogP contribution in [-0.4, -0.2) is 54.5 Å². The van der Waals surface area contributed by atoms with Gasteiger partial charge in [0.25, 0.3) is 5.91 Å². The van der Waals surface area contributed by atoms with Crippen molar-refractivity contribution in [3.63, 3.8) is 0 Å². The maximum Gasteiger partial charge on any atom is 0.323 e. The highest BCUT2D eigenvalue weighted by Crippen LogP contribution is 2.15. The summed E-state index contributed by atoms with van der Waals surface area (Å²) in [6.45, 7) is 2.89. The van der Waals surface area contributed by atoms with E-state index in [9.17, 15) is 22.8 Å². The molecule has 0 radical (unpaired) electrons. The van der Waals surface area contributed by atoms with Crippen molar-refractivity contribution in [2.75, 3.05) is 12.3 Å². The third-order valence-corrected chi connectivity index (χ3v) is 4.64. The molecule has 0 fully saturated rings. The van der Waals surface area contributed by atoms with Crippen LogP contribution in [0.3, 0.4) is 0 Å². The van der Waals surface area contributed by atoms with E-state index in [1.165, 1.54) is 24.3 Å². The van der Waals surface area contributed by atoms with E-state index in [2.05, 4.69) is 0 Å². The number of sulfone groups is 1. The predicted octanol–water partition coefficient (Wildman–Crippen LogP) is -0.119. The van der Waals surface area contributed by atoms with Gasteiger partial charge in [0, 0.05) is 11.6 Å². The Labute approximate surface area is 133 Å². The van der Waals surface area contributed by atoms with Crippen molar-refractivity contribution < 1.29 is 27.9 Å². The molecular formula is C14H18N2O6S. The fourth-order valence-corrected chi connectivity index (χ4v) is 2.97. The van der Waals surface area contributed by atoms with Crippen LogP contribution in [0.5, 0.6) is 0 Å². The maximum atomic E-state index is 12.3. The van der Waals surface area contributed by atoms with Crippen LogP contribution in [0.15, 0.2) is 29.2 Å². The Hall–Kier alpha value is -2.42. The number of rotatable bonds is 7. The Balaban J connectivity index is 3.05. The Morgan fingerprint density at radius 2 is 1.70 bits per heavy atom. The third kappa shape index (κ3) is 5.06. The normalized spacial score (nSPS) is 11.3. The van der Waals surface area contributed by atoms with Gasteiger partial charge in [0.15, 0.2) is 9.84 Å². The molecule has 0 aliphatic rings. The smallest absolute Gasteiger partial charge is 0.323 e. The van der Waals surface area contributed by atoms with Crippen molar-refractivity contribution in [3.05, 3.63) is 29.8 Å². The first kappa shape index (κ1) is 18.6. The molecule has 1 aromatic rings. The first-order chi connectivity index (χ1) is 10.5. The number of hydrogen-bond donors (Lipinski definition) is 2. The second-order valence-corrected chi connectivity index (χ2v) is 7.16. The number of nitrogens with zero attached hydrogens (tertiary/aromatic N) is 1. The van der Waals surface area contributed by atoms with Crippen LogP contribution in [0, 0.1) is 0 Å². The van der Waals surface area contributed by atoms with Gasteiger partial charge >= 0.3 is 5.97 Å². The predicted molar refractivity (Wildman–Crippen MR) is 81.5 cm³/mol. The summed E-state index contributed by atoms with van der Waals surface area (Å²) in [5, 5.41) is 8.85. The van der Waals surface area contributed by atoms with Crippen molar-refractivity contribution in [1.29, 1.82) is 0 Å². The number of carbonyl (C=O) groups is 3. The molecular weight excluding hydrogens is 324 g/mol. The molecule has 0 aliphatic carbocycles. The van der Waals surface area contributed by atoms with Gasteiger partial charge in [-0.1, -0.05) is 0 Å². The standard InChI is InChI=1S/C14H18N2O6S/c1-9(2)16(7-13(18)19)14(20)10-3-5-11(6-4-10)23(21,22)8-12(15)17/h3-6,9H,7-8H2,1-2H3,(H2,15,17)(H,18,19). The molecule has 0 atom stereocenters. The highest BCUT2D eigenvalue weighted by Gasteiger charge is 2.22. The summed E-state index contributed by atoms with van der Waals surface area (Å²) < 4.78 is 23.7. The van der Waals surface area contributed by atoms with Gasteiger partial charge in [0.1, 0.15) is 12.3 Å². The third-order valence-electron chi connectivity index (χ3n) is 2.98. The van der Waals surface area contributed by atoms with Gasteiger partial charge in [-0.15, -0.1) is 0 Å². The van der Waals surface area contributed by atoms with Crippen LogP contribution in [0.4, 0.5) is 0 Å². The van der Waals surface area contributed by atoms with Crippen LogP contribution in [0.25, 0.3) is 0 Å². The quantitative estimate of drug-likeness (QED) is 0.709. The average molecular weight is 342 g/mol. The molecule has 9 heteroatoms. The molecule has 8 nitrogen and oxygen atoms in total. The Bertz CT molecular complexity index is 709. The lowest BCUT2D eigenvalue weighted by atomic mass is 10.1. The molecule has 0 bridgehead atoms. The lowest BCUT2D eigenvalue weighted by Gasteiger charge is -2.25. The minimum atomic E-state index is -3.85. The van der Waals surface area contributed by atoms with Crippen molar-refractivity contribution in [2.24, 2.45) is 5.73 Å². The number of amides is 2. The minimum Gasteiger partial charge on any atom is -0.480 e. The molecule has 0 unspecified atom stereocenters. The molecule has 0 heterocycles. The van der Waals surface area contributed by atoms with Gasteiger partial charge in [0.2, 0.25) is 5.91 Å². The number of aliphatic carboxylic acids is 1. The summed E-state index contributed by atoms with van der Waals surface area (Å²) in [5.41, 5.74) is 5.03. The van der Waals surface area contributed by atoms with E-state index in [4.69, 9.17) is 10.8 Å². The zero-order valence-electron chi connectivity index (χ0n) is 12.7. The molecule has 126 valence electrons. The monoisotopic (exact) mass is 342 g/mol. The minimum absolute atomic E-state index is 0.137. The van der Waals surface area contributed by atoms with Crippen molar-refractivity contribution in [1.82, 2.24) is 4.90 Å². The fourth-order valence-electron chi connectivity index (χ4n) is 1.88. The largest absolute Gasteiger partial charge is 0.480 e. The Morgan fingerprint density at radius 1 is 1.17 bits per heavy atom. The number of carboxylic acids is 1. The zero-order valence-corrected chi connectivity index (χ0v) is 13.5. The fraction of sp³-hybridized carbons (Fsp3) is 0.357. The van der Waals surface area contributed by atoms with E-state index >= 15 is 0 Å². The maximum absolute atomic E-state index is 12.3. The van der Waals surface area contributed by atoms with Gasteiger partial charge in [-0.05, 0) is 38.1 Å². The first-order valence-corrected chi connectivity index (χ1v) is 8.33. The zero-order chi connectivity index (χ0) is 17.8. The number of nitrogens with two attached hydrogens (primary N) is 1. The number of carboxylic acid groups (broad SMARTS) is 1. The summed E-state index contributed by atoms with van der Waals surface area (Å²) in [6, 6.07) is 4.58. The van der Waals surface area contributed by atoms with Crippen LogP contribution in [0.2, 0.25) is 0 Å². The number of benzene rings is 1. The van der Waals surface area contributed by atoms with Crippen LogP contribution < -0.4 is 5.73 Å². The highest BCUT2D eigenvalue weighted by molar-refractivity contribution is 7.92. The van der Waals surface area contributed by atoms with Crippen molar-refractivity contribution in [2.45, 2.75) is 24.8 Å². The number of primary amides is 1. The van der Waals surface area contributed by atoms with Crippen LogP contribution >= 0.6 is 0 Å².